The average Bonchev–Trinajstić information content (AvgIpc) is 2.48. The van der Waals surface area contributed by atoms with Crippen molar-refractivity contribution in [1.82, 2.24) is 10.3 Å². The van der Waals surface area contributed by atoms with E-state index >= 15 is 0 Å². The largest absolute Gasteiger partial charge is 0.495 e. The van der Waals surface area contributed by atoms with Crippen LogP contribution in [0.5, 0.6) is 5.75 Å². The van der Waals surface area contributed by atoms with Gasteiger partial charge in [0, 0.05) is 6.20 Å². The van der Waals surface area contributed by atoms with Gasteiger partial charge in [-0.1, -0.05) is 45.0 Å². The summed E-state index contributed by atoms with van der Waals surface area (Å²) in [6.07, 6.45) is 3.60. The topological polar surface area (TPSA) is 34.2 Å². The quantitative estimate of drug-likeness (QED) is 0.929. The third-order valence-electron chi connectivity index (χ3n) is 3.70. The Kier molecular flexibility index (Phi) is 4.63. The third kappa shape index (κ3) is 3.61. The maximum atomic E-state index is 5.26. The molecule has 1 atom stereocenters. The first-order valence-corrected chi connectivity index (χ1v) is 7.22. The number of methoxy groups -OCH3 is 1. The number of rotatable bonds is 4. The first-order chi connectivity index (χ1) is 9.95. The maximum absolute atomic E-state index is 5.26. The van der Waals surface area contributed by atoms with E-state index in [-0.39, 0.29) is 11.5 Å². The van der Waals surface area contributed by atoms with Gasteiger partial charge in [-0.25, -0.2) is 0 Å². The molecule has 0 saturated carbocycles. The molecule has 1 aromatic heterocycles. The number of benzene rings is 1. The zero-order valence-electron chi connectivity index (χ0n) is 13.5. The van der Waals surface area contributed by atoms with Crippen molar-refractivity contribution in [2.75, 3.05) is 14.2 Å². The molecule has 0 bridgehead atoms. The monoisotopic (exact) mass is 284 g/mol. The van der Waals surface area contributed by atoms with E-state index in [1.165, 1.54) is 11.1 Å². The zero-order chi connectivity index (χ0) is 15.5. The van der Waals surface area contributed by atoms with Gasteiger partial charge in [-0.2, -0.15) is 0 Å². The Bertz CT molecular complexity index is 585. The summed E-state index contributed by atoms with van der Waals surface area (Å²) < 4.78 is 5.26. The number of pyridine rings is 1. The summed E-state index contributed by atoms with van der Waals surface area (Å²) >= 11 is 0. The van der Waals surface area contributed by atoms with Crippen molar-refractivity contribution >= 4 is 0 Å². The van der Waals surface area contributed by atoms with Crippen molar-refractivity contribution in [2.24, 2.45) is 0 Å². The standard InChI is InChI=1S/C18H24N2O/c1-18(2,3)15-8-6-13(7-9-15)17(19-4)14-10-16(21-5)12-20-11-14/h6-12,17,19H,1-5H3. The summed E-state index contributed by atoms with van der Waals surface area (Å²) in [4.78, 5) is 4.24. The Morgan fingerprint density at radius 2 is 1.71 bits per heavy atom. The van der Waals surface area contributed by atoms with Crippen LogP contribution in [0.3, 0.4) is 0 Å². The predicted molar refractivity (Wildman–Crippen MR) is 86.8 cm³/mol. The normalized spacial score (nSPS) is 13.0. The van der Waals surface area contributed by atoms with Gasteiger partial charge < -0.3 is 10.1 Å². The number of hydrogen-bond acceptors (Lipinski definition) is 3. The molecule has 0 aliphatic rings. The summed E-state index contributed by atoms with van der Waals surface area (Å²) in [7, 11) is 3.62. The fraction of sp³-hybridized carbons (Fsp3) is 0.389. The number of ether oxygens (including phenoxy) is 1. The van der Waals surface area contributed by atoms with E-state index in [1.807, 2.05) is 19.3 Å². The first kappa shape index (κ1) is 15.5. The highest BCUT2D eigenvalue weighted by atomic mass is 16.5. The molecule has 112 valence electrons. The molecule has 0 aliphatic carbocycles. The molecular formula is C18H24N2O. The molecule has 2 aromatic rings. The van der Waals surface area contributed by atoms with Crippen LogP contribution in [0.2, 0.25) is 0 Å². The number of nitrogens with one attached hydrogen (secondary N) is 1. The van der Waals surface area contributed by atoms with Gasteiger partial charge in [-0.15, -0.1) is 0 Å². The molecule has 3 nitrogen and oxygen atoms in total. The Morgan fingerprint density at radius 3 is 2.24 bits per heavy atom. The van der Waals surface area contributed by atoms with E-state index in [0.717, 1.165) is 11.3 Å². The van der Waals surface area contributed by atoms with Crippen molar-refractivity contribution in [2.45, 2.75) is 32.2 Å². The lowest BCUT2D eigenvalue weighted by atomic mass is 9.86. The Hall–Kier alpha value is -1.87. The van der Waals surface area contributed by atoms with Crippen LogP contribution in [0.25, 0.3) is 0 Å². The SMILES string of the molecule is CNC(c1ccc(C(C)(C)C)cc1)c1cncc(OC)c1. The van der Waals surface area contributed by atoms with Gasteiger partial charge in [-0.05, 0) is 35.2 Å². The second-order valence-electron chi connectivity index (χ2n) is 6.25. The molecule has 1 heterocycles. The van der Waals surface area contributed by atoms with Crippen LogP contribution in [0.15, 0.2) is 42.7 Å². The lowest BCUT2D eigenvalue weighted by Gasteiger charge is -2.22. The van der Waals surface area contributed by atoms with Gasteiger partial charge in [0.2, 0.25) is 0 Å². The fourth-order valence-electron chi connectivity index (χ4n) is 2.41. The van der Waals surface area contributed by atoms with E-state index in [9.17, 15) is 0 Å². The summed E-state index contributed by atoms with van der Waals surface area (Å²) in [6, 6.07) is 10.9. The summed E-state index contributed by atoms with van der Waals surface area (Å²) in [6.45, 7) is 6.68. The van der Waals surface area contributed by atoms with Crippen LogP contribution in [0.1, 0.15) is 43.5 Å². The summed E-state index contributed by atoms with van der Waals surface area (Å²) in [5.74, 6) is 0.777. The Labute approximate surface area is 127 Å². The van der Waals surface area contributed by atoms with Crippen LogP contribution < -0.4 is 10.1 Å². The van der Waals surface area contributed by atoms with E-state index < -0.39 is 0 Å². The van der Waals surface area contributed by atoms with Gasteiger partial charge in [0.05, 0.1) is 19.3 Å². The maximum Gasteiger partial charge on any atom is 0.137 e. The highest BCUT2D eigenvalue weighted by molar-refractivity contribution is 5.36. The molecule has 1 N–H and O–H groups in total. The van der Waals surface area contributed by atoms with Crippen molar-refractivity contribution in [3.63, 3.8) is 0 Å². The Balaban J connectivity index is 2.32. The van der Waals surface area contributed by atoms with Crippen molar-refractivity contribution in [3.05, 3.63) is 59.4 Å². The molecule has 0 fully saturated rings. The highest BCUT2D eigenvalue weighted by Gasteiger charge is 2.16. The fourth-order valence-corrected chi connectivity index (χ4v) is 2.41. The predicted octanol–water partition coefficient (Wildman–Crippen LogP) is 3.70. The van der Waals surface area contributed by atoms with Crippen LogP contribution >= 0.6 is 0 Å². The lowest BCUT2D eigenvalue weighted by Crippen LogP contribution is -2.18. The molecule has 0 aliphatic heterocycles. The van der Waals surface area contributed by atoms with Crippen LogP contribution in [0, 0.1) is 0 Å². The van der Waals surface area contributed by atoms with Crippen molar-refractivity contribution in [3.8, 4) is 5.75 Å². The minimum absolute atomic E-state index is 0.113. The van der Waals surface area contributed by atoms with Crippen LogP contribution in [-0.4, -0.2) is 19.1 Å². The van der Waals surface area contributed by atoms with Gasteiger partial charge >= 0.3 is 0 Å². The molecule has 0 spiro atoms. The molecule has 0 saturated heterocycles. The van der Waals surface area contributed by atoms with E-state index in [0.29, 0.717) is 0 Å². The number of hydrogen-bond donors (Lipinski definition) is 1. The second kappa shape index (κ2) is 6.27. The smallest absolute Gasteiger partial charge is 0.137 e. The lowest BCUT2D eigenvalue weighted by molar-refractivity contribution is 0.411. The number of nitrogens with zero attached hydrogens (tertiary/aromatic N) is 1. The zero-order valence-corrected chi connectivity index (χ0v) is 13.5. The second-order valence-corrected chi connectivity index (χ2v) is 6.25. The van der Waals surface area contributed by atoms with Gasteiger partial charge in [-0.3, -0.25) is 4.98 Å². The molecule has 1 unspecified atom stereocenters. The van der Waals surface area contributed by atoms with E-state index in [2.05, 4.69) is 55.3 Å². The first-order valence-electron chi connectivity index (χ1n) is 7.22. The van der Waals surface area contributed by atoms with Crippen molar-refractivity contribution < 1.29 is 4.74 Å². The van der Waals surface area contributed by atoms with Crippen LogP contribution in [-0.2, 0) is 5.41 Å². The van der Waals surface area contributed by atoms with Gasteiger partial charge in [0.1, 0.15) is 5.75 Å². The third-order valence-corrected chi connectivity index (χ3v) is 3.70. The molecule has 0 radical (unpaired) electrons. The summed E-state index contributed by atoms with van der Waals surface area (Å²) in [5.41, 5.74) is 3.83. The Morgan fingerprint density at radius 1 is 1.05 bits per heavy atom. The summed E-state index contributed by atoms with van der Waals surface area (Å²) in [5, 5.41) is 3.35. The minimum Gasteiger partial charge on any atom is -0.495 e. The molecule has 1 aromatic carbocycles. The minimum atomic E-state index is 0.113. The van der Waals surface area contributed by atoms with Crippen LogP contribution in [0.4, 0.5) is 0 Å². The average molecular weight is 284 g/mol. The highest BCUT2D eigenvalue weighted by Crippen LogP contribution is 2.27. The van der Waals surface area contributed by atoms with E-state index in [4.69, 9.17) is 4.74 Å². The molecular weight excluding hydrogens is 260 g/mol. The van der Waals surface area contributed by atoms with Crippen molar-refractivity contribution in [1.29, 1.82) is 0 Å². The molecule has 21 heavy (non-hydrogen) atoms. The van der Waals surface area contributed by atoms with E-state index in [1.54, 1.807) is 13.3 Å². The molecule has 0 amide bonds. The number of aromatic nitrogens is 1. The molecule has 3 heteroatoms. The van der Waals surface area contributed by atoms with Gasteiger partial charge in [0.15, 0.2) is 0 Å². The van der Waals surface area contributed by atoms with Gasteiger partial charge in [0.25, 0.3) is 0 Å². The molecule has 2 rings (SSSR count).